The Bertz CT molecular complexity index is 1170. The first-order valence-electron chi connectivity index (χ1n) is 9.24. The van der Waals surface area contributed by atoms with Crippen LogP contribution in [-0.4, -0.2) is 22.5 Å². The minimum Gasteiger partial charge on any atom is -0.483 e. The lowest BCUT2D eigenvalue weighted by atomic mass is 10.1. The van der Waals surface area contributed by atoms with Gasteiger partial charge in [-0.2, -0.15) is 0 Å². The topological polar surface area (TPSA) is 67.0 Å². The van der Waals surface area contributed by atoms with Crippen LogP contribution >= 0.6 is 11.6 Å². The van der Waals surface area contributed by atoms with Crippen LogP contribution in [0.3, 0.4) is 0 Å². The van der Waals surface area contributed by atoms with E-state index in [1.807, 2.05) is 56.3 Å². The number of rotatable bonds is 5. The van der Waals surface area contributed by atoms with E-state index in [0.717, 1.165) is 27.7 Å². The number of hydrogen-bond donors (Lipinski definition) is 2. The Morgan fingerprint density at radius 2 is 1.93 bits per heavy atom. The van der Waals surface area contributed by atoms with Gasteiger partial charge < -0.3 is 15.0 Å². The molecule has 3 aromatic carbocycles. The monoisotopic (exact) mass is 405 g/mol. The standard InChI is InChI=1S/C23H20ClN3O2/c1-14-7-10-21(15(2)11-14)29-13-22(28)25-16-8-9-18(24)17(12-16)23-26-19-5-3-4-6-20(19)27-23/h3-12H,13H2,1-2H3,(H,25,28)(H,26,27). The molecule has 2 N–H and O–H groups in total. The number of fused-ring (bicyclic) bond motifs is 1. The van der Waals surface area contributed by atoms with Crippen molar-refractivity contribution in [1.29, 1.82) is 0 Å². The van der Waals surface area contributed by atoms with Gasteiger partial charge in [0.1, 0.15) is 11.6 Å². The number of hydrogen-bond acceptors (Lipinski definition) is 3. The van der Waals surface area contributed by atoms with E-state index in [1.54, 1.807) is 18.2 Å². The molecule has 1 amide bonds. The van der Waals surface area contributed by atoms with Gasteiger partial charge in [-0.15, -0.1) is 0 Å². The minimum atomic E-state index is -0.247. The van der Waals surface area contributed by atoms with Gasteiger partial charge in [0.15, 0.2) is 6.61 Å². The highest BCUT2D eigenvalue weighted by molar-refractivity contribution is 6.33. The second kappa shape index (κ2) is 7.97. The second-order valence-electron chi connectivity index (χ2n) is 6.90. The number of benzene rings is 3. The molecular formula is C23H20ClN3O2. The third-order valence-corrected chi connectivity index (χ3v) is 4.91. The number of ether oxygens (including phenoxy) is 1. The summed E-state index contributed by atoms with van der Waals surface area (Å²) >= 11 is 6.37. The quantitative estimate of drug-likeness (QED) is 0.459. The molecule has 0 radical (unpaired) electrons. The number of anilines is 1. The summed E-state index contributed by atoms with van der Waals surface area (Å²) in [5.74, 6) is 1.10. The number of carbonyl (C=O) groups is 1. The number of carbonyl (C=O) groups excluding carboxylic acids is 1. The van der Waals surface area contributed by atoms with Gasteiger partial charge in [0, 0.05) is 11.3 Å². The first-order valence-corrected chi connectivity index (χ1v) is 9.62. The molecule has 0 bridgehead atoms. The fourth-order valence-corrected chi connectivity index (χ4v) is 3.37. The lowest BCUT2D eigenvalue weighted by Gasteiger charge is -2.11. The van der Waals surface area contributed by atoms with Crippen molar-refractivity contribution in [1.82, 2.24) is 9.97 Å². The molecule has 5 nitrogen and oxygen atoms in total. The van der Waals surface area contributed by atoms with Crippen molar-refractivity contribution >= 4 is 34.2 Å². The molecule has 1 aromatic heterocycles. The van der Waals surface area contributed by atoms with Crippen molar-refractivity contribution in [3.63, 3.8) is 0 Å². The molecule has 0 aliphatic rings. The van der Waals surface area contributed by atoms with E-state index in [-0.39, 0.29) is 12.5 Å². The number of nitrogens with zero attached hydrogens (tertiary/aromatic N) is 1. The van der Waals surface area contributed by atoms with Gasteiger partial charge in [-0.3, -0.25) is 4.79 Å². The number of imidazole rings is 1. The summed E-state index contributed by atoms with van der Waals surface area (Å²) in [4.78, 5) is 20.2. The van der Waals surface area contributed by atoms with E-state index < -0.39 is 0 Å². The van der Waals surface area contributed by atoms with Crippen LogP contribution in [0.1, 0.15) is 11.1 Å². The summed E-state index contributed by atoms with van der Waals surface area (Å²) in [7, 11) is 0. The number of amides is 1. The minimum absolute atomic E-state index is 0.0769. The predicted molar refractivity (Wildman–Crippen MR) is 117 cm³/mol. The Balaban J connectivity index is 1.49. The van der Waals surface area contributed by atoms with Crippen LogP contribution in [0.15, 0.2) is 60.7 Å². The third-order valence-electron chi connectivity index (χ3n) is 4.58. The zero-order valence-electron chi connectivity index (χ0n) is 16.1. The predicted octanol–water partition coefficient (Wildman–Crippen LogP) is 5.52. The zero-order chi connectivity index (χ0) is 20.4. The van der Waals surface area contributed by atoms with E-state index in [4.69, 9.17) is 16.3 Å². The van der Waals surface area contributed by atoms with Crippen molar-refractivity contribution in [2.75, 3.05) is 11.9 Å². The first-order chi connectivity index (χ1) is 14.0. The molecule has 29 heavy (non-hydrogen) atoms. The maximum absolute atomic E-state index is 12.3. The molecule has 0 aliphatic heterocycles. The van der Waals surface area contributed by atoms with Gasteiger partial charge in [0.25, 0.3) is 5.91 Å². The van der Waals surface area contributed by atoms with E-state index in [9.17, 15) is 4.79 Å². The van der Waals surface area contributed by atoms with Crippen molar-refractivity contribution in [3.05, 3.63) is 76.8 Å². The maximum atomic E-state index is 12.3. The van der Waals surface area contributed by atoms with Crippen molar-refractivity contribution < 1.29 is 9.53 Å². The molecule has 6 heteroatoms. The molecule has 1 heterocycles. The Kier molecular flexibility index (Phi) is 5.23. The number of H-pyrrole nitrogens is 1. The van der Waals surface area contributed by atoms with Crippen molar-refractivity contribution in [2.24, 2.45) is 0 Å². The average molecular weight is 406 g/mol. The highest BCUT2D eigenvalue weighted by atomic mass is 35.5. The number of aryl methyl sites for hydroxylation is 2. The number of para-hydroxylation sites is 2. The third kappa shape index (κ3) is 4.25. The molecule has 0 unspecified atom stereocenters. The summed E-state index contributed by atoms with van der Waals surface area (Å²) < 4.78 is 5.65. The Labute approximate surface area is 173 Å². The van der Waals surface area contributed by atoms with Gasteiger partial charge in [0.05, 0.1) is 16.1 Å². The number of aromatic nitrogens is 2. The zero-order valence-corrected chi connectivity index (χ0v) is 16.9. The summed E-state index contributed by atoms with van der Waals surface area (Å²) in [6.45, 7) is 3.90. The smallest absolute Gasteiger partial charge is 0.262 e. The summed E-state index contributed by atoms with van der Waals surface area (Å²) in [6, 6.07) is 18.9. The van der Waals surface area contributed by atoms with Crippen LogP contribution in [0.2, 0.25) is 5.02 Å². The normalized spacial score (nSPS) is 10.9. The summed E-state index contributed by atoms with van der Waals surface area (Å²) in [5.41, 5.74) is 5.27. The second-order valence-corrected chi connectivity index (χ2v) is 7.31. The summed E-state index contributed by atoms with van der Waals surface area (Å²) in [6.07, 6.45) is 0. The van der Waals surface area contributed by atoms with Crippen LogP contribution in [-0.2, 0) is 4.79 Å². The number of aromatic amines is 1. The molecule has 0 saturated carbocycles. The van der Waals surface area contributed by atoms with E-state index in [2.05, 4.69) is 15.3 Å². The molecule has 146 valence electrons. The molecule has 4 rings (SSSR count). The van der Waals surface area contributed by atoms with Gasteiger partial charge in [0.2, 0.25) is 0 Å². The van der Waals surface area contributed by atoms with Crippen molar-refractivity contribution in [2.45, 2.75) is 13.8 Å². The fourth-order valence-electron chi connectivity index (χ4n) is 3.17. The van der Waals surface area contributed by atoms with Crippen LogP contribution < -0.4 is 10.1 Å². The Hall–Kier alpha value is -3.31. The fraction of sp³-hybridized carbons (Fsp3) is 0.130. The first kappa shape index (κ1) is 19.0. The van der Waals surface area contributed by atoms with Crippen LogP contribution in [0, 0.1) is 13.8 Å². The highest BCUT2D eigenvalue weighted by Gasteiger charge is 2.12. The molecule has 0 saturated heterocycles. The average Bonchev–Trinajstić information content (AvgIpc) is 3.13. The lowest BCUT2D eigenvalue weighted by Crippen LogP contribution is -2.20. The van der Waals surface area contributed by atoms with E-state index in [0.29, 0.717) is 22.3 Å². The summed E-state index contributed by atoms with van der Waals surface area (Å²) in [5, 5.41) is 3.40. The maximum Gasteiger partial charge on any atom is 0.262 e. The van der Waals surface area contributed by atoms with E-state index >= 15 is 0 Å². The molecule has 0 spiro atoms. The molecule has 0 atom stereocenters. The Morgan fingerprint density at radius 3 is 2.72 bits per heavy atom. The van der Waals surface area contributed by atoms with Crippen LogP contribution in [0.25, 0.3) is 22.4 Å². The molecule has 4 aromatic rings. The number of nitrogens with one attached hydrogen (secondary N) is 2. The SMILES string of the molecule is Cc1ccc(OCC(=O)Nc2ccc(Cl)c(-c3nc4ccccc4[nH]3)c2)c(C)c1. The van der Waals surface area contributed by atoms with Gasteiger partial charge in [-0.25, -0.2) is 4.98 Å². The molecule has 0 fully saturated rings. The lowest BCUT2D eigenvalue weighted by molar-refractivity contribution is -0.118. The van der Waals surface area contributed by atoms with Crippen LogP contribution in [0.5, 0.6) is 5.75 Å². The van der Waals surface area contributed by atoms with Gasteiger partial charge in [-0.05, 0) is 55.8 Å². The largest absolute Gasteiger partial charge is 0.483 e. The highest BCUT2D eigenvalue weighted by Crippen LogP contribution is 2.30. The van der Waals surface area contributed by atoms with E-state index in [1.165, 1.54) is 0 Å². The van der Waals surface area contributed by atoms with Crippen LogP contribution in [0.4, 0.5) is 5.69 Å². The Morgan fingerprint density at radius 1 is 1.10 bits per heavy atom. The van der Waals surface area contributed by atoms with Crippen molar-refractivity contribution in [3.8, 4) is 17.1 Å². The molecule has 0 aliphatic carbocycles. The molecular weight excluding hydrogens is 386 g/mol. The number of halogens is 1. The van der Waals surface area contributed by atoms with Gasteiger partial charge >= 0.3 is 0 Å². The van der Waals surface area contributed by atoms with Gasteiger partial charge in [-0.1, -0.05) is 41.4 Å².